The molecule has 2 rings (SSSR count). The Morgan fingerprint density at radius 2 is 2.20 bits per heavy atom. The van der Waals surface area contributed by atoms with Crippen LogP contribution in [0.15, 0.2) is 18.9 Å². The molecule has 1 aromatic rings. The molecule has 1 aliphatic rings. The predicted octanol–water partition coefficient (Wildman–Crippen LogP) is 3.92. The molecule has 0 N–H and O–H groups in total. The lowest BCUT2D eigenvalue weighted by molar-refractivity contribution is 0.132. The molecule has 1 saturated carbocycles. The smallest absolute Gasteiger partial charge is 0.0590 e. The third-order valence-corrected chi connectivity index (χ3v) is 4.81. The summed E-state index contributed by atoms with van der Waals surface area (Å²) in [6.45, 7) is 12.5. The highest BCUT2D eigenvalue weighted by atomic mass is 15.3. The standard InChI is InChI=1S/C17H29N3/c1-5-11-20-15(4)16(12-18-20)13-19(14(3)6-2)17-9-7-8-10-17/h5,12,14,17H,1,6-11,13H2,2-4H3/t14-/m0/s1. The molecule has 0 aromatic carbocycles. The maximum absolute atomic E-state index is 4.49. The third kappa shape index (κ3) is 3.32. The molecular weight excluding hydrogens is 246 g/mol. The molecule has 1 fully saturated rings. The molecule has 0 aliphatic heterocycles. The number of allylic oxidation sites excluding steroid dienone is 1. The number of hydrogen-bond donors (Lipinski definition) is 0. The van der Waals surface area contributed by atoms with E-state index in [-0.39, 0.29) is 0 Å². The Morgan fingerprint density at radius 1 is 1.50 bits per heavy atom. The van der Waals surface area contributed by atoms with Gasteiger partial charge in [-0.25, -0.2) is 0 Å². The molecule has 0 amide bonds. The Kier molecular flexibility index (Phi) is 5.41. The molecule has 3 heteroatoms. The van der Waals surface area contributed by atoms with Gasteiger partial charge in [-0.2, -0.15) is 5.10 Å². The Morgan fingerprint density at radius 3 is 2.80 bits per heavy atom. The summed E-state index contributed by atoms with van der Waals surface area (Å²) in [7, 11) is 0. The lowest BCUT2D eigenvalue weighted by atomic mass is 10.1. The van der Waals surface area contributed by atoms with Crippen LogP contribution in [0.1, 0.15) is 57.2 Å². The van der Waals surface area contributed by atoms with Crippen LogP contribution in [0.4, 0.5) is 0 Å². The van der Waals surface area contributed by atoms with Crippen LogP contribution in [0.2, 0.25) is 0 Å². The van der Waals surface area contributed by atoms with E-state index in [0.29, 0.717) is 6.04 Å². The number of aromatic nitrogens is 2. The lowest BCUT2D eigenvalue weighted by Gasteiger charge is -2.34. The maximum Gasteiger partial charge on any atom is 0.0590 e. The highest BCUT2D eigenvalue weighted by Crippen LogP contribution is 2.28. The second kappa shape index (κ2) is 7.07. The van der Waals surface area contributed by atoms with Gasteiger partial charge in [0, 0.05) is 29.9 Å². The van der Waals surface area contributed by atoms with Crippen molar-refractivity contribution in [3.05, 3.63) is 30.1 Å². The summed E-state index contributed by atoms with van der Waals surface area (Å²) in [5, 5.41) is 4.49. The van der Waals surface area contributed by atoms with Crippen LogP contribution in [0.3, 0.4) is 0 Å². The van der Waals surface area contributed by atoms with E-state index < -0.39 is 0 Å². The van der Waals surface area contributed by atoms with Crippen LogP contribution in [-0.2, 0) is 13.1 Å². The Bertz CT molecular complexity index is 429. The monoisotopic (exact) mass is 275 g/mol. The highest BCUT2D eigenvalue weighted by molar-refractivity contribution is 5.16. The molecule has 0 radical (unpaired) electrons. The van der Waals surface area contributed by atoms with Crippen LogP contribution >= 0.6 is 0 Å². The van der Waals surface area contributed by atoms with E-state index >= 15 is 0 Å². The van der Waals surface area contributed by atoms with Crippen molar-refractivity contribution >= 4 is 0 Å². The molecule has 3 nitrogen and oxygen atoms in total. The lowest BCUT2D eigenvalue weighted by Crippen LogP contribution is -2.39. The Labute approximate surface area is 123 Å². The molecule has 112 valence electrons. The van der Waals surface area contributed by atoms with E-state index in [1.54, 1.807) is 0 Å². The van der Waals surface area contributed by atoms with Gasteiger partial charge in [0.2, 0.25) is 0 Å². The number of hydrogen-bond acceptors (Lipinski definition) is 2. The minimum atomic E-state index is 0.653. The van der Waals surface area contributed by atoms with Crippen LogP contribution in [0.25, 0.3) is 0 Å². The molecule has 1 heterocycles. The first-order valence-electron chi connectivity index (χ1n) is 8.05. The zero-order chi connectivity index (χ0) is 14.5. The van der Waals surface area contributed by atoms with Crippen LogP contribution in [-0.4, -0.2) is 26.8 Å². The first-order valence-corrected chi connectivity index (χ1v) is 8.05. The average molecular weight is 275 g/mol. The summed E-state index contributed by atoms with van der Waals surface area (Å²) in [5.41, 5.74) is 2.66. The molecule has 1 atom stereocenters. The minimum Gasteiger partial charge on any atom is -0.293 e. The first kappa shape index (κ1) is 15.3. The van der Waals surface area contributed by atoms with Gasteiger partial charge in [-0.3, -0.25) is 9.58 Å². The fourth-order valence-corrected chi connectivity index (χ4v) is 3.26. The third-order valence-electron chi connectivity index (χ3n) is 4.81. The SMILES string of the molecule is C=CCn1ncc(CN(C2CCCC2)[C@@H](C)CC)c1C. The van der Waals surface area contributed by atoms with Gasteiger partial charge in [0.15, 0.2) is 0 Å². The zero-order valence-corrected chi connectivity index (χ0v) is 13.3. The van der Waals surface area contributed by atoms with Crippen molar-refractivity contribution < 1.29 is 0 Å². The van der Waals surface area contributed by atoms with Crippen molar-refractivity contribution in [2.24, 2.45) is 0 Å². The average Bonchev–Trinajstić information content (AvgIpc) is 3.08. The van der Waals surface area contributed by atoms with Crippen LogP contribution in [0.5, 0.6) is 0 Å². The normalized spacial score (nSPS) is 17.8. The second-order valence-electron chi connectivity index (χ2n) is 6.09. The van der Waals surface area contributed by atoms with E-state index in [2.05, 4.69) is 37.3 Å². The quantitative estimate of drug-likeness (QED) is 0.703. The summed E-state index contributed by atoms with van der Waals surface area (Å²) < 4.78 is 2.05. The minimum absolute atomic E-state index is 0.653. The largest absolute Gasteiger partial charge is 0.293 e. The zero-order valence-electron chi connectivity index (χ0n) is 13.3. The molecule has 0 saturated heterocycles. The molecule has 0 bridgehead atoms. The van der Waals surface area contributed by atoms with Crippen molar-refractivity contribution in [1.82, 2.24) is 14.7 Å². The van der Waals surface area contributed by atoms with Gasteiger partial charge in [0.1, 0.15) is 0 Å². The fourth-order valence-electron chi connectivity index (χ4n) is 3.26. The van der Waals surface area contributed by atoms with E-state index in [4.69, 9.17) is 0 Å². The van der Waals surface area contributed by atoms with Crippen molar-refractivity contribution in [3.8, 4) is 0 Å². The maximum atomic E-state index is 4.49. The van der Waals surface area contributed by atoms with Gasteiger partial charge in [0.25, 0.3) is 0 Å². The van der Waals surface area contributed by atoms with Gasteiger partial charge in [-0.15, -0.1) is 6.58 Å². The molecule has 20 heavy (non-hydrogen) atoms. The van der Waals surface area contributed by atoms with Crippen molar-refractivity contribution in [3.63, 3.8) is 0 Å². The molecule has 1 aliphatic carbocycles. The highest BCUT2D eigenvalue weighted by Gasteiger charge is 2.26. The van der Waals surface area contributed by atoms with Crippen molar-refractivity contribution in [2.45, 2.75) is 78.0 Å². The molecule has 0 spiro atoms. The summed E-state index contributed by atoms with van der Waals surface area (Å²) in [6.07, 6.45) is 10.7. The van der Waals surface area contributed by atoms with E-state index in [1.807, 2.05) is 17.0 Å². The van der Waals surface area contributed by atoms with Gasteiger partial charge in [-0.05, 0) is 33.1 Å². The van der Waals surface area contributed by atoms with Crippen LogP contribution < -0.4 is 0 Å². The van der Waals surface area contributed by atoms with Crippen molar-refractivity contribution in [2.75, 3.05) is 0 Å². The number of nitrogens with zero attached hydrogens (tertiary/aromatic N) is 3. The summed E-state index contributed by atoms with van der Waals surface area (Å²) >= 11 is 0. The van der Waals surface area contributed by atoms with E-state index in [0.717, 1.165) is 19.1 Å². The second-order valence-corrected chi connectivity index (χ2v) is 6.09. The summed E-state index contributed by atoms with van der Waals surface area (Å²) in [4.78, 5) is 2.70. The Hall–Kier alpha value is -1.09. The molecular formula is C17H29N3. The van der Waals surface area contributed by atoms with E-state index in [9.17, 15) is 0 Å². The summed E-state index contributed by atoms with van der Waals surface area (Å²) in [5.74, 6) is 0. The molecule has 0 unspecified atom stereocenters. The topological polar surface area (TPSA) is 21.1 Å². The summed E-state index contributed by atoms with van der Waals surface area (Å²) in [6, 6.07) is 1.42. The first-order chi connectivity index (χ1) is 9.67. The van der Waals surface area contributed by atoms with Gasteiger partial charge < -0.3 is 0 Å². The number of rotatable bonds is 7. The van der Waals surface area contributed by atoms with Crippen molar-refractivity contribution in [1.29, 1.82) is 0 Å². The predicted molar refractivity (Wildman–Crippen MR) is 84.7 cm³/mol. The van der Waals surface area contributed by atoms with Crippen LogP contribution in [0, 0.1) is 6.92 Å². The molecule has 1 aromatic heterocycles. The van der Waals surface area contributed by atoms with E-state index in [1.165, 1.54) is 43.4 Å². The van der Waals surface area contributed by atoms with Gasteiger partial charge >= 0.3 is 0 Å². The fraction of sp³-hybridized carbons (Fsp3) is 0.706. The van der Waals surface area contributed by atoms with Gasteiger partial charge in [-0.1, -0.05) is 25.8 Å². The van der Waals surface area contributed by atoms with Gasteiger partial charge in [0.05, 0.1) is 12.7 Å². The Balaban J connectivity index is 2.12.